The fraction of sp³-hybridized carbons (Fsp3) is 0.842. The van der Waals surface area contributed by atoms with Crippen LogP contribution in [-0.2, 0) is 4.79 Å². The zero-order chi connectivity index (χ0) is 16.6. The van der Waals surface area contributed by atoms with Gasteiger partial charge in [-0.2, -0.15) is 0 Å². The van der Waals surface area contributed by atoms with Crippen LogP contribution in [0.2, 0.25) is 0 Å². The summed E-state index contributed by atoms with van der Waals surface area (Å²) in [5.74, 6) is 1.14. The number of carbonyl (C=O) groups excluding carboxylic acids is 1. The molecule has 0 radical (unpaired) electrons. The van der Waals surface area contributed by atoms with Gasteiger partial charge in [0, 0.05) is 24.2 Å². The lowest BCUT2D eigenvalue weighted by atomic mass is 9.45. The lowest BCUT2D eigenvalue weighted by molar-refractivity contribution is -0.168. The molecule has 4 aliphatic rings. The molecule has 0 spiro atoms. The fourth-order valence-electron chi connectivity index (χ4n) is 6.65. The predicted molar refractivity (Wildman–Crippen MR) is 85.6 cm³/mol. The number of rotatable bonds is 0. The lowest BCUT2D eigenvalue weighted by Gasteiger charge is -2.60. The van der Waals surface area contributed by atoms with Crippen molar-refractivity contribution in [3.05, 3.63) is 11.8 Å². The number of fused-ring (bicyclic) bond motifs is 5. The van der Waals surface area contributed by atoms with Gasteiger partial charge in [0.25, 0.3) is 0 Å². The van der Waals surface area contributed by atoms with Crippen molar-refractivity contribution < 1.29 is 20.1 Å². The maximum absolute atomic E-state index is 12.4. The largest absolute Gasteiger partial charge is 0.513 e. The summed E-state index contributed by atoms with van der Waals surface area (Å²) in [4.78, 5) is 12.4. The quantitative estimate of drug-likeness (QED) is 0.641. The highest BCUT2D eigenvalue weighted by atomic mass is 16.3. The first kappa shape index (κ1) is 15.6. The van der Waals surface area contributed by atoms with Gasteiger partial charge in [-0.25, -0.2) is 0 Å². The molecule has 4 aliphatic carbocycles. The van der Waals surface area contributed by atoms with Crippen molar-refractivity contribution >= 4 is 5.78 Å². The van der Waals surface area contributed by atoms with Gasteiger partial charge < -0.3 is 15.3 Å². The van der Waals surface area contributed by atoms with Crippen LogP contribution in [0.1, 0.15) is 52.4 Å². The number of allylic oxidation sites excluding steroid dienone is 2. The molecule has 4 nitrogen and oxygen atoms in total. The highest BCUT2D eigenvalue weighted by molar-refractivity contribution is 5.88. The molecule has 8 atom stereocenters. The van der Waals surface area contributed by atoms with E-state index in [0.717, 1.165) is 19.3 Å². The number of Topliss-reactive ketones (excluding diaryl/α,β-unsaturated/α-hetero) is 1. The SMILES string of the molecule is C[C@]12CC=C(O)CC1C[C@H](O)[C@H]1[C@@H]3[C@@H](O)CC(=O)[C@@]3(C)CC[C@@H]12. The second-order valence-corrected chi connectivity index (χ2v) is 8.97. The van der Waals surface area contributed by atoms with Gasteiger partial charge in [-0.1, -0.05) is 13.8 Å². The minimum atomic E-state index is -0.609. The van der Waals surface area contributed by atoms with E-state index in [1.54, 1.807) is 0 Å². The molecule has 0 heterocycles. The van der Waals surface area contributed by atoms with E-state index in [1.165, 1.54) is 0 Å². The molecule has 0 aromatic carbocycles. The topological polar surface area (TPSA) is 77.8 Å². The van der Waals surface area contributed by atoms with Crippen molar-refractivity contribution in [1.82, 2.24) is 0 Å². The molecule has 0 saturated heterocycles. The number of aliphatic hydroxyl groups is 3. The van der Waals surface area contributed by atoms with E-state index in [4.69, 9.17) is 0 Å². The number of hydrogen-bond acceptors (Lipinski definition) is 4. The Morgan fingerprint density at radius 3 is 2.65 bits per heavy atom. The van der Waals surface area contributed by atoms with E-state index < -0.39 is 17.6 Å². The molecule has 23 heavy (non-hydrogen) atoms. The van der Waals surface area contributed by atoms with Crippen LogP contribution in [0.3, 0.4) is 0 Å². The molecular weight excluding hydrogens is 292 g/mol. The zero-order valence-electron chi connectivity index (χ0n) is 14.0. The number of carbonyl (C=O) groups is 1. The van der Waals surface area contributed by atoms with Gasteiger partial charge in [0.2, 0.25) is 0 Å². The summed E-state index contributed by atoms with van der Waals surface area (Å²) in [6, 6.07) is 0. The molecule has 0 aliphatic heterocycles. The average molecular weight is 320 g/mol. The molecular formula is C19H28O4. The average Bonchev–Trinajstić information content (AvgIpc) is 2.71. The monoisotopic (exact) mass is 320 g/mol. The van der Waals surface area contributed by atoms with E-state index in [0.29, 0.717) is 30.4 Å². The first-order chi connectivity index (χ1) is 10.8. The summed E-state index contributed by atoms with van der Waals surface area (Å²) >= 11 is 0. The van der Waals surface area contributed by atoms with Crippen molar-refractivity contribution in [2.24, 2.45) is 34.5 Å². The third-order valence-electron chi connectivity index (χ3n) is 8.02. The van der Waals surface area contributed by atoms with Gasteiger partial charge in [0.05, 0.1) is 18.0 Å². The first-order valence-electron chi connectivity index (χ1n) is 9.05. The van der Waals surface area contributed by atoms with Crippen LogP contribution in [0, 0.1) is 34.5 Å². The number of ketones is 1. The Balaban J connectivity index is 1.74. The van der Waals surface area contributed by atoms with Crippen LogP contribution in [0.25, 0.3) is 0 Å². The molecule has 3 N–H and O–H groups in total. The van der Waals surface area contributed by atoms with Gasteiger partial charge in [-0.05, 0) is 54.9 Å². The Morgan fingerprint density at radius 2 is 1.91 bits per heavy atom. The van der Waals surface area contributed by atoms with Gasteiger partial charge >= 0.3 is 0 Å². The third kappa shape index (κ3) is 1.94. The summed E-state index contributed by atoms with van der Waals surface area (Å²) in [7, 11) is 0. The van der Waals surface area contributed by atoms with Crippen molar-refractivity contribution in [2.75, 3.05) is 0 Å². The van der Waals surface area contributed by atoms with Crippen molar-refractivity contribution in [2.45, 2.75) is 64.6 Å². The maximum Gasteiger partial charge on any atom is 0.141 e. The highest BCUT2D eigenvalue weighted by Gasteiger charge is 2.64. The summed E-state index contributed by atoms with van der Waals surface area (Å²) in [6.45, 7) is 4.29. The van der Waals surface area contributed by atoms with Crippen LogP contribution in [0.5, 0.6) is 0 Å². The van der Waals surface area contributed by atoms with E-state index >= 15 is 0 Å². The molecule has 4 heteroatoms. The summed E-state index contributed by atoms with van der Waals surface area (Å²) in [5, 5.41) is 31.3. The van der Waals surface area contributed by atoms with Gasteiger partial charge in [0.1, 0.15) is 5.78 Å². The fourth-order valence-corrected chi connectivity index (χ4v) is 6.65. The molecule has 3 fully saturated rings. The Labute approximate surface area is 137 Å². The first-order valence-corrected chi connectivity index (χ1v) is 9.05. The number of aliphatic hydroxyl groups excluding tert-OH is 3. The Bertz CT molecular complexity index is 570. The van der Waals surface area contributed by atoms with Gasteiger partial charge in [-0.3, -0.25) is 4.79 Å². The van der Waals surface area contributed by atoms with Crippen LogP contribution >= 0.6 is 0 Å². The second kappa shape index (κ2) is 4.82. The number of hydrogen-bond donors (Lipinski definition) is 3. The Kier molecular flexibility index (Phi) is 3.28. The normalized spacial score (nSPS) is 55.7. The predicted octanol–water partition coefficient (Wildman–Crippen LogP) is 2.59. The van der Waals surface area contributed by atoms with Gasteiger partial charge in [-0.15, -0.1) is 0 Å². The summed E-state index contributed by atoms with van der Waals surface area (Å²) in [6.07, 6.45) is 5.02. The van der Waals surface area contributed by atoms with Crippen LogP contribution in [0.15, 0.2) is 11.8 Å². The third-order valence-corrected chi connectivity index (χ3v) is 8.02. The van der Waals surface area contributed by atoms with Gasteiger partial charge in [0.15, 0.2) is 0 Å². The van der Waals surface area contributed by atoms with E-state index in [2.05, 4.69) is 6.92 Å². The molecule has 0 bridgehead atoms. The molecule has 128 valence electrons. The summed E-state index contributed by atoms with van der Waals surface area (Å²) < 4.78 is 0. The van der Waals surface area contributed by atoms with E-state index in [1.807, 2.05) is 13.0 Å². The minimum Gasteiger partial charge on any atom is -0.513 e. The Hall–Kier alpha value is -0.870. The Morgan fingerprint density at radius 1 is 1.17 bits per heavy atom. The van der Waals surface area contributed by atoms with Crippen LogP contribution in [-0.4, -0.2) is 33.3 Å². The van der Waals surface area contributed by atoms with Crippen molar-refractivity contribution in [3.8, 4) is 0 Å². The van der Waals surface area contributed by atoms with Crippen molar-refractivity contribution in [3.63, 3.8) is 0 Å². The highest BCUT2D eigenvalue weighted by Crippen LogP contribution is 2.65. The minimum absolute atomic E-state index is 0.00472. The smallest absolute Gasteiger partial charge is 0.141 e. The van der Waals surface area contributed by atoms with Crippen LogP contribution < -0.4 is 0 Å². The summed E-state index contributed by atoms with van der Waals surface area (Å²) in [5.41, 5.74) is -0.403. The molecule has 1 unspecified atom stereocenters. The van der Waals surface area contributed by atoms with Crippen LogP contribution in [0.4, 0.5) is 0 Å². The zero-order valence-corrected chi connectivity index (χ0v) is 14.0. The standard InChI is InChI=1S/C19H28O4/c1-18-5-3-11(20)7-10(18)8-13(21)16-12(18)4-6-19(2)15(23)9-14(22)17(16)19/h3,10,12-14,16-17,20-22H,4-9H2,1-2H3/t10?,12-,13-,14-,16-,17-,18-,19+/m0/s1. The van der Waals surface area contributed by atoms with Crippen molar-refractivity contribution in [1.29, 1.82) is 0 Å². The lowest BCUT2D eigenvalue weighted by Crippen LogP contribution is -2.58. The van der Waals surface area contributed by atoms with E-state index in [-0.39, 0.29) is 29.5 Å². The van der Waals surface area contributed by atoms with E-state index in [9.17, 15) is 20.1 Å². The maximum atomic E-state index is 12.4. The second-order valence-electron chi connectivity index (χ2n) is 8.97. The molecule has 0 aromatic rings. The molecule has 0 amide bonds. The molecule has 4 rings (SSSR count). The molecule has 3 saturated carbocycles. The molecule has 0 aromatic heterocycles.